The van der Waals surface area contributed by atoms with E-state index in [-0.39, 0.29) is 29.4 Å². The second-order valence-electron chi connectivity index (χ2n) is 9.37. The number of carbonyl (C=O) groups excluding carboxylic acids is 2. The minimum atomic E-state index is -1.41. The molecule has 3 aliphatic rings. The number of aliphatic hydroxyl groups excluding tert-OH is 2. The third kappa shape index (κ3) is 4.79. The zero-order chi connectivity index (χ0) is 25.4. The molecule has 5 rings (SSSR count). The van der Waals surface area contributed by atoms with Crippen molar-refractivity contribution in [1.82, 2.24) is 29.7 Å². The van der Waals surface area contributed by atoms with Gasteiger partial charge in [0.15, 0.2) is 23.8 Å². The van der Waals surface area contributed by atoms with Crippen LogP contribution in [0.4, 0.5) is 10.6 Å². The molecule has 0 aromatic carbocycles. The highest BCUT2D eigenvalue weighted by Crippen LogP contribution is 2.33. The van der Waals surface area contributed by atoms with Gasteiger partial charge in [0.1, 0.15) is 17.7 Å². The minimum absolute atomic E-state index is 0.0904. The van der Waals surface area contributed by atoms with Crippen molar-refractivity contribution in [2.24, 2.45) is 5.92 Å². The monoisotopic (exact) mass is 499 g/mol. The molecule has 2 aromatic rings. The predicted octanol–water partition coefficient (Wildman–Crippen LogP) is -0.474. The molecule has 1 saturated carbocycles. The Morgan fingerprint density at radius 3 is 2.67 bits per heavy atom. The minimum Gasteiger partial charge on any atom is -0.453 e. The molecular weight excluding hydrogens is 470 g/mol. The normalized spacial score (nSPS) is 26.5. The third-order valence-electron chi connectivity index (χ3n) is 6.78. The van der Waals surface area contributed by atoms with Crippen LogP contribution in [-0.4, -0.2) is 91.2 Å². The molecule has 1 unspecified atom stereocenters. The topological polar surface area (TPSA) is 178 Å². The number of fused-ring (bicyclic) bond motifs is 1. The standard InChI is InChI=1S/C23H29N7O6/c1-35-23(34)29-9-7-12(8-10-29)3-2-4-14-27-19(24)15-20(28-14)30(11-25-15)22-17(32)16(31)18(36-22)21(33)26-13-5-6-13/h11-13,16-18,22,31-32H,3,5-10H2,1H3,(H,26,33)(H2,24,27,28)/t16-,17?,18+,22-/m1/s1. The fraction of sp³-hybridized carbons (Fsp3) is 0.609. The zero-order valence-electron chi connectivity index (χ0n) is 19.8. The number of aliphatic hydroxyl groups is 2. The number of carbonyl (C=O) groups is 2. The summed E-state index contributed by atoms with van der Waals surface area (Å²) in [6.07, 6.45) is 0.0242. The molecule has 2 aliphatic heterocycles. The van der Waals surface area contributed by atoms with Crippen molar-refractivity contribution in [3.63, 3.8) is 0 Å². The quantitative estimate of drug-likeness (QED) is 0.402. The molecular formula is C23H29N7O6. The second kappa shape index (κ2) is 9.88. The van der Waals surface area contributed by atoms with Crippen LogP contribution in [0.3, 0.4) is 0 Å². The molecule has 2 aromatic heterocycles. The molecule has 2 amide bonds. The van der Waals surface area contributed by atoms with Crippen molar-refractivity contribution in [3.8, 4) is 11.8 Å². The number of methoxy groups -OCH3 is 1. The van der Waals surface area contributed by atoms with Crippen molar-refractivity contribution in [1.29, 1.82) is 0 Å². The number of hydrogen-bond donors (Lipinski definition) is 4. The first-order valence-electron chi connectivity index (χ1n) is 12.0. The number of piperidine rings is 1. The summed E-state index contributed by atoms with van der Waals surface area (Å²) in [5.74, 6) is 6.21. The first kappa shape index (κ1) is 24.2. The second-order valence-corrected chi connectivity index (χ2v) is 9.37. The Morgan fingerprint density at radius 1 is 1.22 bits per heavy atom. The maximum Gasteiger partial charge on any atom is 0.409 e. The van der Waals surface area contributed by atoms with Gasteiger partial charge in [0.25, 0.3) is 5.91 Å². The molecule has 13 heteroatoms. The number of nitrogens with zero attached hydrogens (tertiary/aromatic N) is 5. The summed E-state index contributed by atoms with van der Waals surface area (Å²) >= 11 is 0. The van der Waals surface area contributed by atoms with E-state index in [1.54, 1.807) is 4.90 Å². The van der Waals surface area contributed by atoms with Crippen LogP contribution in [0.25, 0.3) is 11.2 Å². The first-order valence-corrected chi connectivity index (χ1v) is 12.0. The van der Waals surface area contributed by atoms with Crippen LogP contribution < -0.4 is 11.1 Å². The fourth-order valence-electron chi connectivity index (χ4n) is 4.52. The molecule has 5 N–H and O–H groups in total. The lowest BCUT2D eigenvalue weighted by molar-refractivity contribution is -0.137. The highest BCUT2D eigenvalue weighted by atomic mass is 16.6. The molecule has 0 radical (unpaired) electrons. The van der Waals surface area contributed by atoms with Gasteiger partial charge in [0, 0.05) is 25.6 Å². The highest BCUT2D eigenvalue weighted by Gasteiger charge is 2.48. The summed E-state index contributed by atoms with van der Waals surface area (Å²) in [6.45, 7) is 1.26. The van der Waals surface area contributed by atoms with E-state index < -0.39 is 30.4 Å². The largest absolute Gasteiger partial charge is 0.453 e. The molecule has 0 bridgehead atoms. The Labute approximate surface area is 207 Å². The van der Waals surface area contributed by atoms with Gasteiger partial charge in [-0.2, -0.15) is 0 Å². The molecule has 2 saturated heterocycles. The fourth-order valence-corrected chi connectivity index (χ4v) is 4.52. The smallest absolute Gasteiger partial charge is 0.409 e. The van der Waals surface area contributed by atoms with Gasteiger partial charge >= 0.3 is 6.09 Å². The predicted molar refractivity (Wildman–Crippen MR) is 125 cm³/mol. The van der Waals surface area contributed by atoms with Crippen LogP contribution in [0, 0.1) is 17.8 Å². The van der Waals surface area contributed by atoms with Crippen LogP contribution in [0.5, 0.6) is 0 Å². The van der Waals surface area contributed by atoms with Crippen LogP contribution in [-0.2, 0) is 14.3 Å². The summed E-state index contributed by atoms with van der Waals surface area (Å²) in [7, 11) is 1.38. The lowest BCUT2D eigenvalue weighted by atomic mass is 9.94. The summed E-state index contributed by atoms with van der Waals surface area (Å²) in [5.41, 5.74) is 6.65. The number of imidazole rings is 1. The molecule has 0 spiro atoms. The molecule has 1 aliphatic carbocycles. The number of ether oxygens (including phenoxy) is 2. The van der Waals surface area contributed by atoms with E-state index in [0.29, 0.717) is 30.9 Å². The van der Waals surface area contributed by atoms with Crippen LogP contribution in [0.1, 0.15) is 44.2 Å². The SMILES string of the molecule is COC(=O)N1CCC(CC#Cc2nc(N)c3ncn([C@@H]4O[C@H](C(=O)NC5CC5)[C@H](O)C4O)c3n2)CC1. The van der Waals surface area contributed by atoms with E-state index in [4.69, 9.17) is 15.2 Å². The van der Waals surface area contributed by atoms with Gasteiger partial charge in [-0.3, -0.25) is 9.36 Å². The van der Waals surface area contributed by atoms with Gasteiger partial charge in [-0.15, -0.1) is 0 Å². The Balaban J connectivity index is 1.29. The highest BCUT2D eigenvalue weighted by molar-refractivity contribution is 5.83. The van der Waals surface area contributed by atoms with E-state index in [1.807, 2.05) is 0 Å². The number of likely N-dealkylation sites (tertiary alicyclic amines) is 1. The van der Waals surface area contributed by atoms with Crippen molar-refractivity contribution < 1.29 is 29.3 Å². The van der Waals surface area contributed by atoms with Crippen LogP contribution >= 0.6 is 0 Å². The van der Waals surface area contributed by atoms with Crippen molar-refractivity contribution in [2.45, 2.75) is 62.7 Å². The first-order chi connectivity index (χ1) is 17.4. The van der Waals surface area contributed by atoms with E-state index >= 15 is 0 Å². The molecule has 13 nitrogen and oxygen atoms in total. The molecule has 3 fully saturated rings. The number of hydrogen-bond acceptors (Lipinski definition) is 10. The van der Waals surface area contributed by atoms with E-state index in [2.05, 4.69) is 32.1 Å². The van der Waals surface area contributed by atoms with Gasteiger partial charge in [-0.25, -0.2) is 19.7 Å². The van der Waals surface area contributed by atoms with Gasteiger partial charge in [-0.05, 0) is 37.5 Å². The molecule has 4 heterocycles. The molecule has 36 heavy (non-hydrogen) atoms. The zero-order valence-corrected chi connectivity index (χ0v) is 19.8. The lowest BCUT2D eigenvalue weighted by Gasteiger charge is -2.29. The van der Waals surface area contributed by atoms with E-state index in [0.717, 1.165) is 25.7 Å². The molecule has 4 atom stereocenters. The van der Waals surface area contributed by atoms with Gasteiger partial charge in [0.2, 0.25) is 5.82 Å². The van der Waals surface area contributed by atoms with Crippen LogP contribution in [0.2, 0.25) is 0 Å². The number of nitrogen functional groups attached to an aromatic ring is 1. The number of nitrogens with one attached hydrogen (secondary N) is 1. The lowest BCUT2D eigenvalue weighted by Crippen LogP contribution is -2.43. The summed E-state index contributed by atoms with van der Waals surface area (Å²) in [4.78, 5) is 38.6. The van der Waals surface area contributed by atoms with Crippen LogP contribution in [0.15, 0.2) is 6.33 Å². The number of aromatic nitrogens is 4. The van der Waals surface area contributed by atoms with Gasteiger partial charge in [-0.1, -0.05) is 5.92 Å². The number of amides is 2. The third-order valence-corrected chi connectivity index (χ3v) is 6.78. The summed E-state index contributed by atoms with van der Waals surface area (Å²) < 4.78 is 11.9. The number of rotatable bonds is 4. The van der Waals surface area contributed by atoms with Crippen molar-refractivity contribution >= 4 is 29.0 Å². The van der Waals surface area contributed by atoms with Crippen molar-refractivity contribution in [3.05, 3.63) is 12.2 Å². The summed E-state index contributed by atoms with van der Waals surface area (Å²) in [6, 6.07) is 0.0904. The summed E-state index contributed by atoms with van der Waals surface area (Å²) in [5, 5.41) is 23.8. The average molecular weight is 500 g/mol. The maximum absolute atomic E-state index is 12.4. The average Bonchev–Trinajstić information content (AvgIpc) is 3.51. The Morgan fingerprint density at radius 2 is 1.97 bits per heavy atom. The maximum atomic E-state index is 12.4. The Kier molecular flexibility index (Phi) is 6.65. The Bertz CT molecular complexity index is 1210. The number of anilines is 1. The van der Waals surface area contributed by atoms with Gasteiger partial charge in [0.05, 0.1) is 13.4 Å². The van der Waals surface area contributed by atoms with E-state index in [9.17, 15) is 19.8 Å². The van der Waals surface area contributed by atoms with Gasteiger partial charge < -0.3 is 35.6 Å². The van der Waals surface area contributed by atoms with E-state index in [1.165, 1.54) is 18.0 Å². The van der Waals surface area contributed by atoms with Crippen molar-refractivity contribution in [2.75, 3.05) is 25.9 Å². The Hall–Kier alpha value is -3.47. The molecule has 192 valence electrons. The number of nitrogens with two attached hydrogens (primary N) is 1.